The highest BCUT2D eigenvalue weighted by Gasteiger charge is 2.38. The summed E-state index contributed by atoms with van der Waals surface area (Å²) >= 11 is 0. The number of ether oxygens (including phenoxy) is 1. The Bertz CT molecular complexity index is 1650. The lowest BCUT2D eigenvalue weighted by atomic mass is 10.0. The van der Waals surface area contributed by atoms with Crippen molar-refractivity contribution >= 4 is 41.1 Å². The minimum Gasteiger partial charge on any atom is -0.497 e. The van der Waals surface area contributed by atoms with Crippen LogP contribution in [0.2, 0.25) is 0 Å². The van der Waals surface area contributed by atoms with Gasteiger partial charge < -0.3 is 35.8 Å². The van der Waals surface area contributed by atoms with Gasteiger partial charge >= 0.3 is 11.9 Å². The van der Waals surface area contributed by atoms with E-state index in [2.05, 4.69) is 20.9 Å². The summed E-state index contributed by atoms with van der Waals surface area (Å²) in [6.45, 7) is 1.45. The minimum atomic E-state index is -1.27. The zero-order chi connectivity index (χ0) is 32.5. The number of benzene rings is 3. The molecule has 3 aromatic rings. The second-order valence-electron chi connectivity index (χ2n) is 10.3. The fraction of sp³-hybridized carbons (Fsp3) is 0.250. The number of hydrogen-bond donors (Lipinski definition) is 5. The Morgan fingerprint density at radius 1 is 1.00 bits per heavy atom. The molecule has 13 heteroatoms. The first kappa shape index (κ1) is 32.0. The SMILES string of the molecule is COc1ccc(NC(=NC#N)Nc2ccc3c(c2)CN(C(C)=O)C3C(=O)NC(Cc2ccc(CCC(=O)O)cc2)C(=O)O)cc1. The number of aryl methyl sites for hydroxylation is 1. The molecule has 45 heavy (non-hydrogen) atoms. The predicted molar refractivity (Wildman–Crippen MR) is 164 cm³/mol. The number of carbonyl (C=O) groups excluding carboxylic acids is 2. The molecule has 0 spiro atoms. The van der Waals surface area contributed by atoms with Crippen molar-refractivity contribution in [2.24, 2.45) is 4.99 Å². The van der Waals surface area contributed by atoms with Gasteiger partial charge in [0.1, 0.15) is 17.8 Å². The number of nitrogens with zero attached hydrogens (tertiary/aromatic N) is 3. The highest BCUT2D eigenvalue weighted by Crippen LogP contribution is 2.36. The lowest BCUT2D eigenvalue weighted by molar-refractivity contribution is -0.144. The van der Waals surface area contributed by atoms with Gasteiger partial charge in [-0.3, -0.25) is 14.4 Å². The average Bonchev–Trinajstić information content (AvgIpc) is 3.40. The van der Waals surface area contributed by atoms with Crippen molar-refractivity contribution in [2.45, 2.75) is 44.8 Å². The number of methoxy groups -OCH3 is 1. The number of carboxylic acids is 2. The third kappa shape index (κ3) is 8.35. The van der Waals surface area contributed by atoms with Crippen LogP contribution in [0.25, 0.3) is 0 Å². The van der Waals surface area contributed by atoms with Gasteiger partial charge in [-0.05, 0) is 65.1 Å². The van der Waals surface area contributed by atoms with Crippen molar-refractivity contribution in [2.75, 3.05) is 17.7 Å². The summed E-state index contributed by atoms with van der Waals surface area (Å²) < 4.78 is 5.16. The van der Waals surface area contributed by atoms with Gasteiger partial charge in [0, 0.05) is 37.7 Å². The highest BCUT2D eigenvalue weighted by molar-refractivity contribution is 6.04. The van der Waals surface area contributed by atoms with Gasteiger partial charge in [0.15, 0.2) is 0 Å². The van der Waals surface area contributed by atoms with Crippen LogP contribution in [0, 0.1) is 11.5 Å². The number of nitrogens with one attached hydrogen (secondary N) is 3. The van der Waals surface area contributed by atoms with Crippen molar-refractivity contribution in [1.29, 1.82) is 5.26 Å². The number of rotatable bonds is 11. The summed E-state index contributed by atoms with van der Waals surface area (Å²) in [6.07, 6.45) is 2.07. The Morgan fingerprint density at radius 2 is 1.64 bits per heavy atom. The van der Waals surface area contributed by atoms with Crippen molar-refractivity contribution in [3.63, 3.8) is 0 Å². The first-order chi connectivity index (χ1) is 21.6. The molecule has 0 saturated carbocycles. The Kier molecular flexibility index (Phi) is 10.3. The Hall–Kier alpha value is -5.90. The lowest BCUT2D eigenvalue weighted by Crippen LogP contribution is -2.47. The maximum Gasteiger partial charge on any atom is 0.326 e. The number of carbonyl (C=O) groups is 4. The number of aliphatic imine (C=N–C) groups is 1. The molecule has 0 fully saturated rings. The molecule has 2 amide bonds. The number of carboxylic acid groups (broad SMARTS) is 2. The number of aliphatic carboxylic acids is 2. The molecule has 0 aliphatic carbocycles. The van der Waals surface area contributed by atoms with Gasteiger partial charge in [-0.15, -0.1) is 4.99 Å². The second-order valence-corrected chi connectivity index (χ2v) is 10.3. The van der Waals surface area contributed by atoms with E-state index in [1.54, 1.807) is 80.0 Å². The second kappa shape index (κ2) is 14.5. The quantitative estimate of drug-likeness (QED) is 0.122. The van der Waals surface area contributed by atoms with E-state index in [1.165, 1.54) is 11.8 Å². The molecule has 1 aliphatic rings. The fourth-order valence-electron chi connectivity index (χ4n) is 4.97. The molecule has 1 aliphatic heterocycles. The maximum atomic E-state index is 13.5. The van der Waals surface area contributed by atoms with Crippen molar-refractivity contribution in [3.8, 4) is 11.9 Å². The van der Waals surface area contributed by atoms with E-state index in [4.69, 9.17) is 9.84 Å². The number of fused-ring (bicyclic) bond motifs is 1. The van der Waals surface area contributed by atoms with Gasteiger partial charge in [-0.2, -0.15) is 5.26 Å². The van der Waals surface area contributed by atoms with Gasteiger partial charge in [0.05, 0.1) is 7.11 Å². The normalized spacial score (nSPS) is 14.5. The summed E-state index contributed by atoms with van der Waals surface area (Å²) in [5.74, 6) is -2.33. The van der Waals surface area contributed by atoms with Crippen LogP contribution in [0.4, 0.5) is 11.4 Å². The standard InChI is InChI=1S/C32H32N6O7/c1-19(39)38-17-22-16-24(36-32(34-18-33)35-23-8-11-25(45-2)12-9-23)10-13-26(22)29(38)30(42)37-27(31(43)44)15-21-5-3-20(4-6-21)7-14-28(40)41/h3-6,8-13,16,27,29H,7,14-15,17H2,1-2H3,(H,37,42)(H,40,41)(H,43,44)(H2,34,35,36). The molecular weight excluding hydrogens is 580 g/mol. The molecule has 13 nitrogen and oxygen atoms in total. The van der Waals surface area contributed by atoms with Crippen LogP contribution < -0.4 is 20.7 Å². The van der Waals surface area contributed by atoms with Crippen LogP contribution in [0.5, 0.6) is 5.75 Å². The van der Waals surface area contributed by atoms with Crippen LogP contribution in [0.3, 0.4) is 0 Å². The van der Waals surface area contributed by atoms with Gasteiger partial charge in [-0.25, -0.2) is 4.79 Å². The molecule has 0 aromatic heterocycles. The monoisotopic (exact) mass is 612 g/mol. The number of nitriles is 1. The molecular formula is C32H32N6O7. The van der Waals surface area contributed by atoms with Crippen molar-refractivity contribution in [3.05, 3.63) is 89.0 Å². The first-order valence-electron chi connectivity index (χ1n) is 14.0. The van der Waals surface area contributed by atoms with Crippen molar-refractivity contribution < 1.29 is 34.1 Å². The lowest BCUT2D eigenvalue weighted by Gasteiger charge is -2.25. The summed E-state index contributed by atoms with van der Waals surface area (Å²) in [4.78, 5) is 54.2. The zero-order valence-electron chi connectivity index (χ0n) is 24.6. The van der Waals surface area contributed by atoms with Crippen LogP contribution in [-0.4, -0.2) is 58.0 Å². The van der Waals surface area contributed by atoms with Gasteiger partial charge in [0.25, 0.3) is 0 Å². The number of amides is 2. The van der Waals surface area contributed by atoms with E-state index in [1.807, 2.05) is 0 Å². The van der Waals surface area contributed by atoms with Crippen LogP contribution in [0.1, 0.15) is 41.6 Å². The first-order valence-corrected chi connectivity index (χ1v) is 14.0. The largest absolute Gasteiger partial charge is 0.497 e. The molecule has 2 atom stereocenters. The Labute approximate surface area is 259 Å². The van der Waals surface area contributed by atoms with E-state index in [9.17, 15) is 29.5 Å². The van der Waals surface area contributed by atoms with E-state index in [0.29, 0.717) is 40.2 Å². The maximum absolute atomic E-state index is 13.5. The number of hydrogen-bond acceptors (Lipinski definition) is 7. The summed E-state index contributed by atoms with van der Waals surface area (Å²) in [7, 11) is 1.56. The molecule has 1 heterocycles. The Morgan fingerprint density at radius 3 is 2.24 bits per heavy atom. The predicted octanol–water partition coefficient (Wildman–Crippen LogP) is 3.29. The minimum absolute atomic E-state index is 0.00894. The number of anilines is 2. The zero-order valence-corrected chi connectivity index (χ0v) is 24.6. The van der Waals surface area contributed by atoms with Gasteiger partial charge in [-0.1, -0.05) is 30.3 Å². The molecule has 3 aromatic carbocycles. The Balaban J connectivity index is 1.49. The van der Waals surface area contributed by atoms with E-state index in [0.717, 1.165) is 5.56 Å². The molecule has 0 bridgehead atoms. The summed E-state index contributed by atoms with van der Waals surface area (Å²) in [5, 5.41) is 36.6. The molecule has 5 N–H and O–H groups in total. The van der Waals surface area contributed by atoms with Crippen LogP contribution in [0.15, 0.2) is 71.7 Å². The third-order valence-corrected chi connectivity index (χ3v) is 7.22. The third-order valence-electron chi connectivity index (χ3n) is 7.22. The van der Waals surface area contributed by atoms with E-state index in [-0.39, 0.29) is 31.3 Å². The van der Waals surface area contributed by atoms with E-state index < -0.39 is 29.9 Å². The van der Waals surface area contributed by atoms with Gasteiger partial charge in [0.2, 0.25) is 24.0 Å². The topological polar surface area (TPSA) is 193 Å². The number of guanidine groups is 1. The van der Waals surface area contributed by atoms with Crippen molar-refractivity contribution in [1.82, 2.24) is 10.2 Å². The average molecular weight is 613 g/mol. The molecule has 232 valence electrons. The van der Waals surface area contributed by atoms with E-state index >= 15 is 0 Å². The molecule has 2 unspecified atom stereocenters. The molecule has 0 radical (unpaired) electrons. The van der Waals surface area contributed by atoms with Crippen LogP contribution >= 0.6 is 0 Å². The molecule has 0 saturated heterocycles. The fourth-order valence-corrected chi connectivity index (χ4v) is 4.97. The smallest absolute Gasteiger partial charge is 0.326 e. The van der Waals surface area contributed by atoms with Crippen LogP contribution in [-0.2, 0) is 38.6 Å². The summed E-state index contributed by atoms with van der Waals surface area (Å²) in [6, 6.07) is 16.6. The highest BCUT2D eigenvalue weighted by atomic mass is 16.5. The molecule has 4 rings (SSSR count). The summed E-state index contributed by atoms with van der Waals surface area (Å²) in [5.41, 5.74) is 3.85.